The molecule has 10 heteroatoms. The largest absolute Gasteiger partial charge is 0.385 e. The van der Waals surface area contributed by atoms with Crippen molar-refractivity contribution in [2.75, 3.05) is 13.7 Å². The third kappa shape index (κ3) is 4.50. The van der Waals surface area contributed by atoms with Crippen LogP contribution in [0, 0.1) is 0 Å². The highest BCUT2D eigenvalue weighted by atomic mass is 35.5. The molecule has 8 nitrogen and oxygen atoms in total. The molecule has 0 bridgehead atoms. The van der Waals surface area contributed by atoms with Crippen LogP contribution >= 0.6 is 23.4 Å². The Morgan fingerprint density at radius 1 is 1.36 bits per heavy atom. The zero-order chi connectivity index (χ0) is 17.6. The summed E-state index contributed by atoms with van der Waals surface area (Å²) < 4.78 is 11.8. The number of thioether (sulfide) groups is 1. The Kier molecular flexibility index (Phi) is 5.90. The quantitative estimate of drug-likeness (QED) is 0.473. The molecule has 0 amide bonds. The van der Waals surface area contributed by atoms with Crippen molar-refractivity contribution >= 4 is 23.4 Å². The normalized spacial score (nSPS) is 11.1. The minimum atomic E-state index is -0.244. The molecule has 1 N–H and O–H groups in total. The Labute approximate surface area is 152 Å². The summed E-state index contributed by atoms with van der Waals surface area (Å²) in [6.07, 6.45) is 0.727. The van der Waals surface area contributed by atoms with Crippen LogP contribution < -0.4 is 5.69 Å². The van der Waals surface area contributed by atoms with Gasteiger partial charge in [0.05, 0.1) is 5.75 Å². The molecule has 0 fully saturated rings. The van der Waals surface area contributed by atoms with E-state index in [1.165, 1.54) is 11.8 Å². The number of halogens is 1. The molecule has 1 aromatic carbocycles. The molecular weight excluding hydrogens is 366 g/mol. The van der Waals surface area contributed by atoms with Gasteiger partial charge in [-0.2, -0.15) is 4.98 Å². The first-order valence-corrected chi connectivity index (χ1v) is 8.89. The number of benzene rings is 1. The monoisotopic (exact) mass is 381 g/mol. The second-order valence-electron chi connectivity index (χ2n) is 5.12. The maximum atomic E-state index is 11.8. The number of nitrogens with one attached hydrogen (secondary N) is 1. The Bertz CT molecular complexity index is 874. The molecule has 0 saturated carbocycles. The zero-order valence-electron chi connectivity index (χ0n) is 13.4. The molecule has 2 aromatic heterocycles. The SMILES string of the molecule is COCCCn1c(SCc2nc(-c3ccc(Cl)cc3)no2)n[nH]c1=O. The Morgan fingerprint density at radius 2 is 2.16 bits per heavy atom. The van der Waals surface area contributed by atoms with E-state index in [1.807, 2.05) is 12.1 Å². The third-order valence-electron chi connectivity index (χ3n) is 3.35. The van der Waals surface area contributed by atoms with Crippen molar-refractivity contribution in [3.63, 3.8) is 0 Å². The van der Waals surface area contributed by atoms with Crippen molar-refractivity contribution in [3.8, 4) is 11.4 Å². The molecule has 0 atom stereocenters. The number of hydrogen-bond acceptors (Lipinski definition) is 7. The van der Waals surface area contributed by atoms with Crippen LogP contribution in [0.2, 0.25) is 5.02 Å². The lowest BCUT2D eigenvalue weighted by atomic mass is 10.2. The van der Waals surface area contributed by atoms with E-state index in [0.29, 0.717) is 40.8 Å². The topological polar surface area (TPSA) is 98.8 Å². The van der Waals surface area contributed by atoms with Gasteiger partial charge in [0.15, 0.2) is 5.16 Å². The first kappa shape index (κ1) is 17.7. The summed E-state index contributed by atoms with van der Waals surface area (Å²) >= 11 is 7.22. The lowest BCUT2D eigenvalue weighted by Gasteiger charge is -2.03. The molecule has 0 aliphatic heterocycles. The molecule has 0 radical (unpaired) electrons. The maximum Gasteiger partial charge on any atom is 0.343 e. The molecule has 3 rings (SSSR count). The fourth-order valence-electron chi connectivity index (χ4n) is 2.13. The van der Waals surface area contributed by atoms with Gasteiger partial charge in [-0.3, -0.25) is 4.57 Å². The number of aromatic nitrogens is 5. The second-order valence-corrected chi connectivity index (χ2v) is 6.50. The van der Waals surface area contributed by atoms with Gasteiger partial charge in [0, 0.05) is 30.8 Å². The zero-order valence-corrected chi connectivity index (χ0v) is 15.0. The molecule has 2 heterocycles. The molecule has 0 aliphatic carbocycles. The Morgan fingerprint density at radius 3 is 2.92 bits per heavy atom. The van der Waals surface area contributed by atoms with Crippen LogP contribution in [0.3, 0.4) is 0 Å². The molecule has 0 unspecified atom stereocenters. The van der Waals surface area contributed by atoms with Crippen LogP contribution in [-0.4, -0.2) is 38.6 Å². The first-order valence-electron chi connectivity index (χ1n) is 7.53. The number of hydrogen-bond donors (Lipinski definition) is 1. The average Bonchev–Trinajstić information content (AvgIpc) is 3.22. The van der Waals surface area contributed by atoms with Gasteiger partial charge in [-0.25, -0.2) is 9.89 Å². The predicted molar refractivity (Wildman–Crippen MR) is 93.6 cm³/mol. The van der Waals surface area contributed by atoms with Crippen LogP contribution in [0.25, 0.3) is 11.4 Å². The van der Waals surface area contributed by atoms with Crippen LogP contribution in [0.1, 0.15) is 12.3 Å². The van der Waals surface area contributed by atoms with Crippen LogP contribution in [0.15, 0.2) is 38.7 Å². The van der Waals surface area contributed by atoms with Gasteiger partial charge >= 0.3 is 5.69 Å². The van der Waals surface area contributed by atoms with Crippen molar-refractivity contribution in [2.45, 2.75) is 23.9 Å². The number of methoxy groups -OCH3 is 1. The van der Waals surface area contributed by atoms with Crippen LogP contribution in [0.4, 0.5) is 0 Å². The van der Waals surface area contributed by atoms with Gasteiger partial charge in [-0.1, -0.05) is 28.5 Å². The summed E-state index contributed by atoms with van der Waals surface area (Å²) in [5.41, 5.74) is 0.576. The standard InChI is InChI=1S/C15H16ClN5O3S/c1-23-8-2-7-21-14(22)18-19-15(21)25-9-12-17-13(20-24-12)10-3-5-11(16)6-4-10/h3-6H,2,7-9H2,1H3,(H,18,22). The van der Waals surface area contributed by atoms with E-state index in [-0.39, 0.29) is 5.69 Å². The summed E-state index contributed by atoms with van der Waals surface area (Å²) in [5, 5.41) is 11.7. The van der Waals surface area contributed by atoms with E-state index >= 15 is 0 Å². The highest BCUT2D eigenvalue weighted by molar-refractivity contribution is 7.98. The van der Waals surface area contributed by atoms with Crippen molar-refractivity contribution in [3.05, 3.63) is 45.7 Å². The van der Waals surface area contributed by atoms with Crippen molar-refractivity contribution < 1.29 is 9.26 Å². The highest BCUT2D eigenvalue weighted by Gasteiger charge is 2.13. The van der Waals surface area contributed by atoms with Crippen LogP contribution in [0.5, 0.6) is 0 Å². The van der Waals surface area contributed by atoms with Crippen molar-refractivity contribution in [1.29, 1.82) is 0 Å². The molecular formula is C15H16ClN5O3S. The maximum absolute atomic E-state index is 11.8. The molecule has 3 aromatic rings. The van der Waals surface area contributed by atoms with E-state index in [1.54, 1.807) is 23.8 Å². The summed E-state index contributed by atoms with van der Waals surface area (Å²) in [5.74, 6) is 1.36. The van der Waals surface area contributed by atoms with E-state index in [4.69, 9.17) is 20.9 Å². The van der Waals surface area contributed by atoms with Gasteiger partial charge < -0.3 is 9.26 Å². The van der Waals surface area contributed by atoms with Gasteiger partial charge in [0.2, 0.25) is 11.7 Å². The third-order valence-corrected chi connectivity index (χ3v) is 4.56. The van der Waals surface area contributed by atoms with E-state index in [0.717, 1.165) is 12.0 Å². The molecule has 0 spiro atoms. The van der Waals surface area contributed by atoms with Gasteiger partial charge in [0.1, 0.15) is 0 Å². The van der Waals surface area contributed by atoms with Gasteiger partial charge in [-0.15, -0.1) is 5.10 Å². The lowest BCUT2D eigenvalue weighted by Crippen LogP contribution is -2.18. The Hall–Kier alpha value is -2.10. The minimum absolute atomic E-state index is 0.244. The molecule has 0 saturated heterocycles. The highest BCUT2D eigenvalue weighted by Crippen LogP contribution is 2.22. The number of H-pyrrole nitrogens is 1. The second kappa shape index (κ2) is 8.32. The molecule has 25 heavy (non-hydrogen) atoms. The number of aromatic amines is 1. The van der Waals surface area contributed by atoms with E-state index < -0.39 is 0 Å². The van der Waals surface area contributed by atoms with Gasteiger partial charge in [0.25, 0.3) is 0 Å². The Balaban J connectivity index is 1.65. The summed E-state index contributed by atoms with van der Waals surface area (Å²) in [7, 11) is 1.63. The van der Waals surface area contributed by atoms with Gasteiger partial charge in [-0.05, 0) is 30.7 Å². The van der Waals surface area contributed by atoms with Crippen molar-refractivity contribution in [1.82, 2.24) is 24.9 Å². The first-order chi connectivity index (χ1) is 12.2. The molecule has 132 valence electrons. The minimum Gasteiger partial charge on any atom is -0.385 e. The summed E-state index contributed by atoms with van der Waals surface area (Å²) in [6.45, 7) is 1.11. The predicted octanol–water partition coefficient (Wildman–Crippen LogP) is 2.60. The van der Waals surface area contributed by atoms with Crippen molar-refractivity contribution in [2.24, 2.45) is 0 Å². The lowest BCUT2D eigenvalue weighted by molar-refractivity contribution is 0.189. The van der Waals surface area contributed by atoms with E-state index in [2.05, 4.69) is 20.3 Å². The number of ether oxygens (including phenoxy) is 1. The average molecular weight is 382 g/mol. The fraction of sp³-hybridized carbons (Fsp3) is 0.333. The summed E-state index contributed by atoms with van der Waals surface area (Å²) in [6, 6.07) is 7.19. The van der Waals surface area contributed by atoms with Crippen LogP contribution in [-0.2, 0) is 17.0 Å². The number of rotatable bonds is 8. The fourth-order valence-corrected chi connectivity index (χ4v) is 3.07. The smallest absolute Gasteiger partial charge is 0.343 e. The number of nitrogens with zero attached hydrogens (tertiary/aromatic N) is 4. The summed E-state index contributed by atoms with van der Waals surface area (Å²) in [4.78, 5) is 16.1. The van der Waals surface area contributed by atoms with E-state index in [9.17, 15) is 4.79 Å². The molecule has 0 aliphatic rings.